The molecule has 0 bridgehead atoms. The van der Waals surface area contributed by atoms with Gasteiger partial charge in [0, 0.05) is 26.7 Å². The van der Waals surface area contributed by atoms with Gasteiger partial charge in [0.25, 0.3) is 0 Å². The summed E-state index contributed by atoms with van der Waals surface area (Å²) >= 11 is 0. The zero-order valence-corrected chi connectivity index (χ0v) is 15.0. The zero-order chi connectivity index (χ0) is 17.2. The quantitative estimate of drug-likeness (QED) is 0.641. The first kappa shape index (κ1) is 17.2. The summed E-state index contributed by atoms with van der Waals surface area (Å²) in [5, 5.41) is 8.51. The van der Waals surface area contributed by atoms with Gasteiger partial charge >= 0.3 is 0 Å². The van der Waals surface area contributed by atoms with Gasteiger partial charge in [0.1, 0.15) is 0 Å². The van der Waals surface area contributed by atoms with Crippen molar-refractivity contribution in [2.75, 3.05) is 20.1 Å². The molecule has 0 aromatic heterocycles. The number of nitrogens with two attached hydrogens (primary N) is 1. The summed E-state index contributed by atoms with van der Waals surface area (Å²) < 4.78 is 22.6. The summed E-state index contributed by atoms with van der Waals surface area (Å²) in [5.74, 6) is 0.925. The van der Waals surface area contributed by atoms with E-state index in [1.54, 1.807) is 24.3 Å². The SMILES string of the molecule is CN=C(NCc1ccc(S(N)(=O)=O)cc1)N1CCC2(CCCC2)C1. The van der Waals surface area contributed by atoms with Gasteiger partial charge in [-0.05, 0) is 42.4 Å². The van der Waals surface area contributed by atoms with E-state index in [0.717, 1.165) is 24.6 Å². The molecule has 3 N–H and O–H groups in total. The first-order chi connectivity index (χ1) is 11.4. The first-order valence-electron chi connectivity index (χ1n) is 8.49. The number of likely N-dealkylation sites (tertiary alicyclic amines) is 1. The van der Waals surface area contributed by atoms with Crippen molar-refractivity contribution in [3.05, 3.63) is 29.8 Å². The lowest BCUT2D eigenvalue weighted by molar-refractivity contribution is 0.309. The monoisotopic (exact) mass is 350 g/mol. The molecular weight excluding hydrogens is 324 g/mol. The summed E-state index contributed by atoms with van der Waals surface area (Å²) in [4.78, 5) is 6.90. The Bertz CT molecular complexity index is 707. The molecule has 2 fully saturated rings. The van der Waals surface area contributed by atoms with Crippen LogP contribution < -0.4 is 10.5 Å². The minimum absolute atomic E-state index is 0.137. The lowest BCUT2D eigenvalue weighted by Gasteiger charge is -2.26. The third kappa shape index (κ3) is 3.72. The van der Waals surface area contributed by atoms with Gasteiger partial charge in [0.15, 0.2) is 5.96 Å². The number of aliphatic imine (C=N–C) groups is 1. The van der Waals surface area contributed by atoms with Crippen molar-refractivity contribution >= 4 is 16.0 Å². The first-order valence-corrected chi connectivity index (χ1v) is 10.0. The molecule has 0 unspecified atom stereocenters. The van der Waals surface area contributed by atoms with Gasteiger partial charge in [-0.25, -0.2) is 13.6 Å². The van der Waals surface area contributed by atoms with E-state index in [1.165, 1.54) is 32.1 Å². The minimum Gasteiger partial charge on any atom is -0.352 e. The third-order valence-electron chi connectivity index (χ3n) is 5.32. The maximum Gasteiger partial charge on any atom is 0.238 e. The summed E-state index contributed by atoms with van der Waals surface area (Å²) in [6.07, 6.45) is 6.66. The van der Waals surface area contributed by atoms with E-state index in [2.05, 4.69) is 15.2 Å². The van der Waals surface area contributed by atoms with Crippen molar-refractivity contribution in [3.8, 4) is 0 Å². The second-order valence-electron chi connectivity index (χ2n) is 6.97. The van der Waals surface area contributed by atoms with Crippen LogP contribution in [0.1, 0.15) is 37.7 Å². The zero-order valence-electron chi connectivity index (χ0n) is 14.2. The Morgan fingerprint density at radius 1 is 1.25 bits per heavy atom. The lowest BCUT2D eigenvalue weighted by Crippen LogP contribution is -2.40. The summed E-state index contributed by atoms with van der Waals surface area (Å²) in [6.45, 7) is 2.77. The number of hydrogen-bond donors (Lipinski definition) is 2. The van der Waals surface area contributed by atoms with Crippen molar-refractivity contribution in [2.24, 2.45) is 15.5 Å². The van der Waals surface area contributed by atoms with Crippen molar-refractivity contribution in [1.29, 1.82) is 0 Å². The van der Waals surface area contributed by atoms with Crippen molar-refractivity contribution in [1.82, 2.24) is 10.2 Å². The normalized spacial score (nSPS) is 20.8. The maximum absolute atomic E-state index is 11.3. The average molecular weight is 350 g/mol. The molecule has 0 atom stereocenters. The van der Waals surface area contributed by atoms with Gasteiger partial charge in [-0.3, -0.25) is 4.99 Å². The van der Waals surface area contributed by atoms with Crippen LogP contribution in [0, 0.1) is 5.41 Å². The van der Waals surface area contributed by atoms with Crippen LogP contribution in [-0.4, -0.2) is 39.4 Å². The molecule has 1 aromatic rings. The van der Waals surface area contributed by atoms with Crippen LogP contribution in [0.2, 0.25) is 0 Å². The van der Waals surface area contributed by atoms with Crippen LogP contribution in [0.3, 0.4) is 0 Å². The van der Waals surface area contributed by atoms with E-state index >= 15 is 0 Å². The molecule has 1 heterocycles. The van der Waals surface area contributed by atoms with Gasteiger partial charge in [0.2, 0.25) is 10.0 Å². The fourth-order valence-corrected chi connectivity index (χ4v) is 4.47. The number of rotatable bonds is 3. The number of nitrogens with zero attached hydrogens (tertiary/aromatic N) is 2. The molecular formula is C17H26N4O2S. The number of sulfonamides is 1. The number of guanidine groups is 1. The molecule has 1 saturated heterocycles. The van der Waals surface area contributed by atoms with Crippen LogP contribution in [-0.2, 0) is 16.6 Å². The Hall–Kier alpha value is -1.60. The molecule has 1 spiro atoms. The third-order valence-corrected chi connectivity index (χ3v) is 6.25. The fraction of sp³-hybridized carbons (Fsp3) is 0.588. The second kappa shape index (κ2) is 6.72. The van der Waals surface area contributed by atoms with Crippen LogP contribution >= 0.6 is 0 Å². The molecule has 1 aliphatic carbocycles. The Balaban J connectivity index is 1.59. The fourth-order valence-electron chi connectivity index (χ4n) is 3.96. The Morgan fingerprint density at radius 3 is 2.50 bits per heavy atom. The van der Waals surface area contributed by atoms with Crippen molar-refractivity contribution < 1.29 is 8.42 Å². The van der Waals surface area contributed by atoms with Gasteiger partial charge < -0.3 is 10.2 Å². The lowest BCUT2D eigenvalue weighted by atomic mass is 9.86. The largest absolute Gasteiger partial charge is 0.352 e. The van der Waals surface area contributed by atoms with E-state index in [4.69, 9.17) is 5.14 Å². The van der Waals surface area contributed by atoms with E-state index < -0.39 is 10.0 Å². The molecule has 7 heteroatoms. The number of benzene rings is 1. The van der Waals surface area contributed by atoms with Gasteiger partial charge in [0.05, 0.1) is 4.90 Å². The average Bonchev–Trinajstić information content (AvgIpc) is 3.18. The molecule has 2 aliphatic rings. The Labute approximate surface area is 144 Å². The predicted octanol–water partition coefficient (Wildman–Crippen LogP) is 1.68. The van der Waals surface area contributed by atoms with Gasteiger partial charge in [-0.15, -0.1) is 0 Å². The summed E-state index contributed by atoms with van der Waals surface area (Å²) in [6, 6.07) is 6.64. The van der Waals surface area contributed by atoms with Crippen molar-refractivity contribution in [3.63, 3.8) is 0 Å². The Kier molecular flexibility index (Phi) is 4.83. The molecule has 24 heavy (non-hydrogen) atoms. The summed E-state index contributed by atoms with van der Waals surface area (Å²) in [5.41, 5.74) is 1.51. The number of primary sulfonamides is 1. The van der Waals surface area contributed by atoms with E-state index in [1.807, 2.05) is 7.05 Å². The highest BCUT2D eigenvalue weighted by molar-refractivity contribution is 7.89. The van der Waals surface area contributed by atoms with Gasteiger partial charge in [-0.1, -0.05) is 25.0 Å². The molecule has 0 radical (unpaired) electrons. The van der Waals surface area contributed by atoms with Crippen LogP contribution in [0.15, 0.2) is 34.2 Å². The maximum atomic E-state index is 11.3. The molecule has 3 rings (SSSR count). The highest BCUT2D eigenvalue weighted by Gasteiger charge is 2.40. The Morgan fingerprint density at radius 2 is 1.92 bits per heavy atom. The molecule has 0 amide bonds. The molecule has 1 aromatic carbocycles. The predicted molar refractivity (Wildman–Crippen MR) is 95.1 cm³/mol. The molecule has 6 nitrogen and oxygen atoms in total. The van der Waals surface area contributed by atoms with E-state index in [9.17, 15) is 8.42 Å². The highest BCUT2D eigenvalue weighted by atomic mass is 32.2. The standard InChI is InChI=1S/C17H26N4O2S/c1-19-16(21-11-10-17(13-21)8-2-3-9-17)20-12-14-4-6-15(7-5-14)24(18,22)23/h4-7H,2-3,8-13H2,1H3,(H,19,20)(H2,18,22,23). The van der Waals surface area contributed by atoms with E-state index in [0.29, 0.717) is 12.0 Å². The smallest absolute Gasteiger partial charge is 0.238 e. The minimum atomic E-state index is -3.63. The topological polar surface area (TPSA) is 87.8 Å². The molecule has 1 aliphatic heterocycles. The van der Waals surface area contributed by atoms with Crippen LogP contribution in [0.4, 0.5) is 0 Å². The molecule has 132 valence electrons. The highest BCUT2D eigenvalue weighted by Crippen LogP contribution is 2.45. The van der Waals surface area contributed by atoms with Crippen molar-refractivity contribution in [2.45, 2.75) is 43.5 Å². The number of hydrogen-bond acceptors (Lipinski definition) is 3. The van der Waals surface area contributed by atoms with Gasteiger partial charge in [-0.2, -0.15) is 0 Å². The van der Waals surface area contributed by atoms with Crippen LogP contribution in [0.25, 0.3) is 0 Å². The van der Waals surface area contributed by atoms with E-state index in [-0.39, 0.29) is 4.90 Å². The van der Waals surface area contributed by atoms with Crippen LogP contribution in [0.5, 0.6) is 0 Å². The summed E-state index contributed by atoms with van der Waals surface area (Å²) in [7, 11) is -1.82. The number of nitrogens with one attached hydrogen (secondary N) is 1. The second-order valence-corrected chi connectivity index (χ2v) is 8.53. The molecule has 1 saturated carbocycles.